The van der Waals surface area contributed by atoms with Crippen LogP contribution in [0.2, 0.25) is 0 Å². The fraction of sp³-hybridized carbons (Fsp3) is 0.932. The van der Waals surface area contributed by atoms with E-state index in [9.17, 15) is 29.7 Å². The van der Waals surface area contributed by atoms with E-state index in [0.717, 1.165) is 38.5 Å². The van der Waals surface area contributed by atoms with Crippen LogP contribution in [0.15, 0.2) is 0 Å². The first-order chi connectivity index (χ1) is 24.9. The van der Waals surface area contributed by atoms with E-state index in [1.165, 1.54) is 0 Å². The van der Waals surface area contributed by atoms with Crippen molar-refractivity contribution in [2.75, 3.05) is 0 Å². The number of carbonyl (C=O) groups is 3. The molecule has 1 heterocycles. The van der Waals surface area contributed by atoms with E-state index in [0.29, 0.717) is 19.3 Å². The lowest BCUT2D eigenvalue weighted by atomic mass is 9.41. The molecule has 1 amide bonds. The molecule has 6 rings (SSSR count). The molecule has 6 aliphatic rings. The summed E-state index contributed by atoms with van der Waals surface area (Å²) < 4.78 is 24.5. The molecule has 2 spiro atoms. The minimum absolute atomic E-state index is 0.00119. The number of alkyl carbamates (subject to hydrolysis) is 1. The van der Waals surface area contributed by atoms with E-state index in [-0.39, 0.29) is 58.4 Å². The molecule has 13 unspecified atom stereocenters. The Hall–Kier alpha value is -1.95. The number of nitrogens with one attached hydrogen (secondary N) is 1. The molecule has 11 nitrogen and oxygen atoms in total. The fourth-order valence-corrected chi connectivity index (χ4v) is 13.8. The third kappa shape index (κ3) is 7.04. The van der Waals surface area contributed by atoms with Crippen molar-refractivity contribution in [2.45, 2.75) is 213 Å². The Morgan fingerprint density at radius 3 is 2.04 bits per heavy atom. The highest BCUT2D eigenvalue weighted by Gasteiger charge is 2.85. The van der Waals surface area contributed by atoms with E-state index in [1.54, 1.807) is 55.4 Å². The molecule has 6 fully saturated rings. The molecular weight excluding hydrogens is 702 g/mol. The predicted octanol–water partition coefficient (Wildman–Crippen LogP) is 7.00. The largest absolute Gasteiger partial charge is 0.460 e. The lowest BCUT2D eigenvalue weighted by Crippen LogP contribution is -2.63. The second-order valence-corrected chi connectivity index (χ2v) is 22.6. The van der Waals surface area contributed by atoms with Crippen molar-refractivity contribution in [3.63, 3.8) is 0 Å². The van der Waals surface area contributed by atoms with Gasteiger partial charge in [-0.1, -0.05) is 27.7 Å². The van der Waals surface area contributed by atoms with Gasteiger partial charge in [-0.3, -0.25) is 4.79 Å². The average Bonchev–Trinajstić information content (AvgIpc) is 3.37. The highest BCUT2D eigenvalue weighted by Crippen LogP contribution is 2.89. The Morgan fingerprint density at radius 1 is 0.818 bits per heavy atom. The van der Waals surface area contributed by atoms with Crippen molar-refractivity contribution in [2.24, 2.45) is 44.8 Å². The van der Waals surface area contributed by atoms with Crippen LogP contribution in [0.1, 0.15) is 161 Å². The summed E-state index contributed by atoms with van der Waals surface area (Å²) in [5.74, 6) is -1.23. The number of aliphatic hydroxyl groups excluding tert-OH is 2. The second kappa shape index (κ2) is 13.3. The molecule has 0 aromatic heterocycles. The molecule has 1 aliphatic heterocycles. The minimum atomic E-state index is -1.16. The maximum Gasteiger partial charge on any atom is 0.408 e. The summed E-state index contributed by atoms with van der Waals surface area (Å²) in [6.07, 6.45) is 4.22. The smallest absolute Gasteiger partial charge is 0.408 e. The lowest BCUT2D eigenvalue weighted by molar-refractivity contribution is -0.221. The standard InChI is InChI=1S/C44H73NO10/c1-36(2,3)54-31(48)15-14-25(45-35(50)55-37(4,5)6)34(49)52-27-22-28-41(12)23-26(46)32(42(13)18-17-30(53-42)39(9,10)51)40(41,11)20-21-43(28)24-44(43)19-16-29(47)38(7,8)33(27)44/h25-30,32-33,46-47,51H,14-24H2,1-13H3,(H,45,50). The van der Waals surface area contributed by atoms with Crippen molar-refractivity contribution in [1.29, 1.82) is 0 Å². The number of ether oxygens (including phenoxy) is 4. The van der Waals surface area contributed by atoms with Gasteiger partial charge in [-0.2, -0.15) is 0 Å². The topological polar surface area (TPSA) is 161 Å². The van der Waals surface area contributed by atoms with E-state index in [4.69, 9.17) is 18.9 Å². The maximum absolute atomic E-state index is 14.5. The number of amides is 1. The number of fused-ring (bicyclic) bond motifs is 2. The van der Waals surface area contributed by atoms with E-state index in [2.05, 4.69) is 39.9 Å². The van der Waals surface area contributed by atoms with Crippen LogP contribution in [0.4, 0.5) is 4.79 Å². The summed E-state index contributed by atoms with van der Waals surface area (Å²) in [5.41, 5.74) is -4.37. The van der Waals surface area contributed by atoms with Crippen LogP contribution in [-0.2, 0) is 28.5 Å². The third-order valence-electron chi connectivity index (χ3n) is 16.1. The highest BCUT2D eigenvalue weighted by molar-refractivity contribution is 5.82. The van der Waals surface area contributed by atoms with Gasteiger partial charge in [-0.05, 0) is 160 Å². The summed E-state index contributed by atoms with van der Waals surface area (Å²) >= 11 is 0. The molecule has 55 heavy (non-hydrogen) atoms. The molecule has 0 aromatic carbocycles. The van der Waals surface area contributed by atoms with E-state index < -0.39 is 70.2 Å². The molecule has 4 N–H and O–H groups in total. The fourth-order valence-electron chi connectivity index (χ4n) is 13.8. The molecule has 0 radical (unpaired) electrons. The molecule has 13 atom stereocenters. The number of rotatable bonds is 8. The van der Waals surface area contributed by atoms with Gasteiger partial charge in [0.15, 0.2) is 0 Å². The van der Waals surface area contributed by atoms with E-state index >= 15 is 0 Å². The number of hydrogen-bond donors (Lipinski definition) is 4. The Kier molecular flexibility index (Phi) is 10.3. The Balaban J connectivity index is 1.33. The number of carbonyl (C=O) groups excluding carboxylic acids is 3. The highest BCUT2D eigenvalue weighted by atomic mass is 16.6. The number of aliphatic hydroxyl groups is 3. The molecule has 314 valence electrons. The van der Waals surface area contributed by atoms with Gasteiger partial charge in [0.05, 0.1) is 29.5 Å². The van der Waals surface area contributed by atoms with Gasteiger partial charge in [-0.15, -0.1) is 0 Å². The molecule has 5 saturated carbocycles. The summed E-state index contributed by atoms with van der Waals surface area (Å²) in [4.78, 5) is 40.4. The quantitative estimate of drug-likeness (QED) is 0.149. The Morgan fingerprint density at radius 2 is 1.45 bits per heavy atom. The normalized spacial score (nSPS) is 43.9. The number of esters is 2. The third-order valence-corrected chi connectivity index (χ3v) is 16.1. The first kappa shape index (κ1) is 42.7. The monoisotopic (exact) mass is 776 g/mol. The number of hydrogen-bond acceptors (Lipinski definition) is 10. The first-order valence-corrected chi connectivity index (χ1v) is 21.1. The SMILES string of the molecule is CC(C)(C)OC(=O)CCC(NC(=O)OC(C)(C)C)C(=O)OC1CC2C3(C)CC(O)C(C4(C)CCC(C(C)(C)O)O4)C3(C)CCC23CC32CCC(O)C(C)(C)C12. The van der Waals surface area contributed by atoms with Gasteiger partial charge < -0.3 is 39.6 Å². The Bertz CT molecular complexity index is 1520. The minimum Gasteiger partial charge on any atom is -0.460 e. The zero-order valence-electron chi connectivity index (χ0n) is 36.1. The van der Waals surface area contributed by atoms with Gasteiger partial charge in [0.25, 0.3) is 0 Å². The summed E-state index contributed by atoms with van der Waals surface area (Å²) in [5, 5.41) is 37.3. The molecule has 1 saturated heterocycles. The summed E-state index contributed by atoms with van der Waals surface area (Å²) in [7, 11) is 0. The predicted molar refractivity (Wildman–Crippen MR) is 207 cm³/mol. The second-order valence-electron chi connectivity index (χ2n) is 22.6. The molecule has 0 aromatic rings. The van der Waals surface area contributed by atoms with Crippen LogP contribution in [0.25, 0.3) is 0 Å². The van der Waals surface area contributed by atoms with Crippen LogP contribution >= 0.6 is 0 Å². The van der Waals surface area contributed by atoms with Crippen LogP contribution in [0.3, 0.4) is 0 Å². The van der Waals surface area contributed by atoms with Gasteiger partial charge in [0, 0.05) is 18.3 Å². The van der Waals surface area contributed by atoms with Crippen LogP contribution < -0.4 is 5.32 Å². The summed E-state index contributed by atoms with van der Waals surface area (Å²) in [6, 6.07) is -1.16. The van der Waals surface area contributed by atoms with Gasteiger partial charge in [0.1, 0.15) is 23.3 Å². The van der Waals surface area contributed by atoms with E-state index in [1.807, 2.05) is 0 Å². The molecular formula is C44H73NO10. The average molecular weight is 776 g/mol. The zero-order chi connectivity index (χ0) is 41.2. The van der Waals surface area contributed by atoms with Crippen molar-refractivity contribution < 1.29 is 48.7 Å². The van der Waals surface area contributed by atoms with Gasteiger partial charge in [-0.25, -0.2) is 9.59 Å². The molecule has 11 heteroatoms. The Labute approximate surface area is 329 Å². The van der Waals surface area contributed by atoms with Crippen LogP contribution in [0.5, 0.6) is 0 Å². The molecule has 5 aliphatic carbocycles. The lowest BCUT2D eigenvalue weighted by Gasteiger charge is -2.64. The van der Waals surface area contributed by atoms with Crippen molar-refractivity contribution in [3.8, 4) is 0 Å². The van der Waals surface area contributed by atoms with Crippen molar-refractivity contribution in [3.05, 3.63) is 0 Å². The van der Waals surface area contributed by atoms with Crippen molar-refractivity contribution in [1.82, 2.24) is 5.32 Å². The maximum atomic E-state index is 14.5. The van der Waals surface area contributed by atoms with Crippen LogP contribution in [-0.4, -0.2) is 86.2 Å². The van der Waals surface area contributed by atoms with Crippen LogP contribution in [0, 0.1) is 44.8 Å². The first-order valence-electron chi connectivity index (χ1n) is 21.1. The van der Waals surface area contributed by atoms with Gasteiger partial charge >= 0.3 is 18.0 Å². The summed E-state index contributed by atoms with van der Waals surface area (Å²) in [6.45, 7) is 25.2. The molecule has 0 bridgehead atoms. The van der Waals surface area contributed by atoms with Crippen molar-refractivity contribution >= 4 is 18.0 Å². The van der Waals surface area contributed by atoms with Gasteiger partial charge in [0.2, 0.25) is 0 Å². The zero-order valence-corrected chi connectivity index (χ0v) is 36.1.